The lowest BCUT2D eigenvalue weighted by molar-refractivity contribution is -0.137. The second-order valence-corrected chi connectivity index (χ2v) is 3.09. The van der Waals surface area contributed by atoms with Crippen molar-refractivity contribution in [2.45, 2.75) is 20.8 Å². The van der Waals surface area contributed by atoms with Gasteiger partial charge in [0.25, 0.3) is 0 Å². The standard InChI is InChI=1S/C10H15N3O2/c1-4-15-10(14)5-7(2)12-9-6-11-13-8(9)3/h5-6,12H,4H2,1-3H3,(H,11,13). The topological polar surface area (TPSA) is 67.0 Å². The Morgan fingerprint density at radius 1 is 1.73 bits per heavy atom. The van der Waals surface area contributed by atoms with Gasteiger partial charge in [-0.3, -0.25) is 5.10 Å². The molecule has 1 aromatic rings. The fourth-order valence-corrected chi connectivity index (χ4v) is 1.09. The number of aromatic nitrogens is 2. The molecule has 0 saturated heterocycles. The Balaban J connectivity index is 2.59. The molecular formula is C10H15N3O2. The number of ether oxygens (including phenoxy) is 1. The highest BCUT2D eigenvalue weighted by molar-refractivity contribution is 5.83. The summed E-state index contributed by atoms with van der Waals surface area (Å²) >= 11 is 0. The van der Waals surface area contributed by atoms with E-state index in [9.17, 15) is 4.79 Å². The van der Waals surface area contributed by atoms with Gasteiger partial charge >= 0.3 is 5.97 Å². The molecule has 0 amide bonds. The molecule has 0 saturated carbocycles. The summed E-state index contributed by atoms with van der Waals surface area (Å²) < 4.78 is 4.78. The van der Waals surface area contributed by atoms with Crippen LogP contribution >= 0.6 is 0 Å². The molecule has 1 rings (SSSR count). The van der Waals surface area contributed by atoms with Crippen molar-refractivity contribution in [2.24, 2.45) is 0 Å². The van der Waals surface area contributed by atoms with E-state index in [2.05, 4.69) is 15.5 Å². The van der Waals surface area contributed by atoms with E-state index in [1.807, 2.05) is 6.92 Å². The summed E-state index contributed by atoms with van der Waals surface area (Å²) in [5.41, 5.74) is 2.43. The largest absolute Gasteiger partial charge is 0.463 e. The minimum Gasteiger partial charge on any atom is -0.463 e. The van der Waals surface area contributed by atoms with Gasteiger partial charge in [0.2, 0.25) is 0 Å². The van der Waals surface area contributed by atoms with Gasteiger partial charge in [-0.1, -0.05) is 0 Å². The van der Waals surface area contributed by atoms with E-state index in [1.54, 1.807) is 20.0 Å². The van der Waals surface area contributed by atoms with E-state index in [1.165, 1.54) is 6.08 Å². The quantitative estimate of drug-likeness (QED) is 0.583. The molecule has 2 N–H and O–H groups in total. The highest BCUT2D eigenvalue weighted by Crippen LogP contribution is 2.12. The number of rotatable bonds is 4. The summed E-state index contributed by atoms with van der Waals surface area (Å²) in [5.74, 6) is -0.344. The number of allylic oxidation sites excluding steroid dienone is 1. The summed E-state index contributed by atoms with van der Waals surface area (Å²) in [4.78, 5) is 11.1. The zero-order chi connectivity index (χ0) is 11.3. The van der Waals surface area contributed by atoms with Gasteiger partial charge in [-0.05, 0) is 20.8 Å². The molecule has 0 aromatic carbocycles. The number of aromatic amines is 1. The van der Waals surface area contributed by atoms with Gasteiger partial charge in [0.05, 0.1) is 18.0 Å². The molecule has 0 bridgehead atoms. The summed E-state index contributed by atoms with van der Waals surface area (Å²) in [5, 5.41) is 9.73. The van der Waals surface area contributed by atoms with Crippen molar-refractivity contribution in [2.75, 3.05) is 11.9 Å². The van der Waals surface area contributed by atoms with Gasteiger partial charge in [0.15, 0.2) is 0 Å². The average molecular weight is 209 g/mol. The molecule has 1 heterocycles. The lowest BCUT2D eigenvalue weighted by Crippen LogP contribution is -2.04. The van der Waals surface area contributed by atoms with Crippen molar-refractivity contribution in [1.29, 1.82) is 0 Å². The van der Waals surface area contributed by atoms with Crippen LogP contribution in [0.2, 0.25) is 0 Å². The Morgan fingerprint density at radius 2 is 2.47 bits per heavy atom. The normalized spacial score (nSPS) is 11.3. The van der Waals surface area contributed by atoms with E-state index >= 15 is 0 Å². The Bertz CT molecular complexity index is 368. The molecule has 0 aliphatic rings. The smallest absolute Gasteiger partial charge is 0.332 e. The number of carbonyl (C=O) groups is 1. The number of esters is 1. The van der Waals surface area contributed by atoms with Crippen molar-refractivity contribution >= 4 is 11.7 Å². The molecule has 5 heteroatoms. The van der Waals surface area contributed by atoms with Crippen LogP contribution in [-0.4, -0.2) is 22.8 Å². The van der Waals surface area contributed by atoms with E-state index in [4.69, 9.17) is 4.74 Å². The van der Waals surface area contributed by atoms with Crippen molar-refractivity contribution in [3.8, 4) is 0 Å². The summed E-state index contributed by atoms with van der Waals surface area (Å²) in [7, 11) is 0. The van der Waals surface area contributed by atoms with Gasteiger partial charge in [-0.25, -0.2) is 4.79 Å². The number of H-pyrrole nitrogens is 1. The van der Waals surface area contributed by atoms with Crippen LogP contribution in [0.1, 0.15) is 19.5 Å². The first-order valence-electron chi connectivity index (χ1n) is 4.76. The summed E-state index contributed by atoms with van der Waals surface area (Å²) in [6.45, 7) is 5.82. The monoisotopic (exact) mass is 209 g/mol. The van der Waals surface area contributed by atoms with Crippen LogP contribution in [0.25, 0.3) is 0 Å². The molecule has 0 spiro atoms. The van der Waals surface area contributed by atoms with E-state index in [0.717, 1.165) is 17.1 Å². The van der Waals surface area contributed by atoms with E-state index in [-0.39, 0.29) is 5.97 Å². The minimum absolute atomic E-state index is 0.344. The molecule has 0 unspecified atom stereocenters. The lowest BCUT2D eigenvalue weighted by Gasteiger charge is -2.04. The van der Waals surface area contributed by atoms with Crippen LogP contribution in [0.4, 0.5) is 5.69 Å². The zero-order valence-corrected chi connectivity index (χ0v) is 9.13. The summed E-state index contributed by atoms with van der Waals surface area (Å²) in [6, 6.07) is 0. The predicted molar refractivity (Wildman–Crippen MR) is 57.3 cm³/mol. The Hall–Kier alpha value is -1.78. The molecule has 0 radical (unpaired) electrons. The molecule has 5 nitrogen and oxygen atoms in total. The number of nitrogens with zero attached hydrogens (tertiary/aromatic N) is 1. The molecule has 0 aliphatic carbocycles. The Morgan fingerprint density at radius 3 is 3.00 bits per heavy atom. The van der Waals surface area contributed by atoms with Crippen LogP contribution < -0.4 is 5.32 Å². The third kappa shape index (κ3) is 3.46. The Kier molecular flexibility index (Phi) is 3.91. The lowest BCUT2D eigenvalue weighted by atomic mass is 10.3. The van der Waals surface area contributed by atoms with Crippen LogP contribution in [0.3, 0.4) is 0 Å². The van der Waals surface area contributed by atoms with Crippen LogP contribution in [-0.2, 0) is 9.53 Å². The van der Waals surface area contributed by atoms with Crippen LogP contribution in [0, 0.1) is 6.92 Å². The zero-order valence-electron chi connectivity index (χ0n) is 9.13. The molecule has 0 fully saturated rings. The first-order valence-corrected chi connectivity index (χ1v) is 4.76. The van der Waals surface area contributed by atoms with Gasteiger partial charge in [-0.2, -0.15) is 5.10 Å². The fourth-order valence-electron chi connectivity index (χ4n) is 1.09. The Labute approximate surface area is 88.5 Å². The maximum atomic E-state index is 11.1. The second kappa shape index (κ2) is 5.19. The van der Waals surface area contributed by atoms with Crippen molar-refractivity contribution in [3.63, 3.8) is 0 Å². The van der Waals surface area contributed by atoms with Gasteiger partial charge in [-0.15, -0.1) is 0 Å². The minimum atomic E-state index is -0.344. The van der Waals surface area contributed by atoms with Gasteiger partial charge in [0.1, 0.15) is 0 Å². The van der Waals surface area contributed by atoms with Crippen LogP contribution in [0.15, 0.2) is 18.0 Å². The van der Waals surface area contributed by atoms with Gasteiger partial charge < -0.3 is 10.1 Å². The molecule has 0 atom stereocenters. The third-order valence-electron chi connectivity index (χ3n) is 1.78. The molecule has 82 valence electrons. The fraction of sp³-hybridized carbons (Fsp3) is 0.400. The maximum absolute atomic E-state index is 11.1. The molecular weight excluding hydrogens is 194 g/mol. The van der Waals surface area contributed by atoms with E-state index < -0.39 is 0 Å². The number of anilines is 1. The first-order chi connectivity index (χ1) is 7.13. The summed E-state index contributed by atoms with van der Waals surface area (Å²) in [6.07, 6.45) is 3.15. The number of hydrogen-bond acceptors (Lipinski definition) is 4. The van der Waals surface area contributed by atoms with E-state index in [0.29, 0.717) is 6.61 Å². The number of aryl methyl sites for hydroxylation is 1. The van der Waals surface area contributed by atoms with Gasteiger partial charge in [0, 0.05) is 18.0 Å². The highest BCUT2D eigenvalue weighted by Gasteiger charge is 2.02. The number of nitrogens with one attached hydrogen (secondary N) is 2. The third-order valence-corrected chi connectivity index (χ3v) is 1.78. The first kappa shape index (κ1) is 11.3. The van der Waals surface area contributed by atoms with Crippen molar-refractivity contribution in [3.05, 3.63) is 23.7 Å². The van der Waals surface area contributed by atoms with Crippen LogP contribution in [0.5, 0.6) is 0 Å². The molecule has 0 aliphatic heterocycles. The highest BCUT2D eigenvalue weighted by atomic mass is 16.5. The molecule has 1 aromatic heterocycles. The number of carbonyl (C=O) groups excluding carboxylic acids is 1. The molecule has 15 heavy (non-hydrogen) atoms. The van der Waals surface area contributed by atoms with Crippen molar-refractivity contribution < 1.29 is 9.53 Å². The van der Waals surface area contributed by atoms with Crippen molar-refractivity contribution in [1.82, 2.24) is 10.2 Å². The predicted octanol–water partition coefficient (Wildman–Crippen LogP) is 1.60. The number of hydrogen-bond donors (Lipinski definition) is 2. The average Bonchev–Trinajstić information content (AvgIpc) is 2.52. The maximum Gasteiger partial charge on any atom is 0.332 e. The second-order valence-electron chi connectivity index (χ2n) is 3.09. The SMILES string of the molecule is CCOC(=O)C=C(C)Nc1c[nH]nc1C.